The first-order valence-electron chi connectivity index (χ1n) is 7.24. The van der Waals surface area contributed by atoms with Gasteiger partial charge in [-0.25, -0.2) is 14.5 Å². The van der Waals surface area contributed by atoms with Crippen molar-refractivity contribution in [3.8, 4) is 0 Å². The largest absolute Gasteiger partial charge is 0.334 e. The zero-order valence-electron chi connectivity index (χ0n) is 11.9. The summed E-state index contributed by atoms with van der Waals surface area (Å²) in [6.07, 6.45) is 5.46. The molecule has 1 aliphatic rings. The minimum Gasteiger partial charge on any atom is -0.334 e. The SMILES string of the molecule is O=C(NCc1ccc(Cn2cncn2)cc1)N1CCCC1. The lowest BCUT2D eigenvalue weighted by atomic mass is 10.1. The predicted molar refractivity (Wildman–Crippen MR) is 78.6 cm³/mol. The number of urea groups is 1. The highest BCUT2D eigenvalue weighted by molar-refractivity contribution is 5.74. The Morgan fingerprint density at radius 1 is 1.14 bits per heavy atom. The maximum absolute atomic E-state index is 11.9. The Kier molecular flexibility index (Phi) is 4.14. The summed E-state index contributed by atoms with van der Waals surface area (Å²) in [5.74, 6) is 0. The van der Waals surface area contributed by atoms with Crippen molar-refractivity contribution in [3.05, 3.63) is 48.0 Å². The number of benzene rings is 1. The van der Waals surface area contributed by atoms with E-state index < -0.39 is 0 Å². The van der Waals surface area contributed by atoms with Gasteiger partial charge in [0.25, 0.3) is 0 Å². The van der Waals surface area contributed by atoms with Crippen molar-refractivity contribution in [1.29, 1.82) is 0 Å². The Hall–Kier alpha value is -2.37. The topological polar surface area (TPSA) is 63.1 Å². The van der Waals surface area contributed by atoms with E-state index in [2.05, 4.69) is 27.5 Å². The highest BCUT2D eigenvalue weighted by Gasteiger charge is 2.16. The number of carbonyl (C=O) groups is 1. The average molecular weight is 285 g/mol. The minimum absolute atomic E-state index is 0.0409. The molecule has 1 saturated heterocycles. The van der Waals surface area contributed by atoms with Crippen molar-refractivity contribution >= 4 is 6.03 Å². The van der Waals surface area contributed by atoms with Crippen molar-refractivity contribution in [1.82, 2.24) is 25.0 Å². The van der Waals surface area contributed by atoms with Crippen LogP contribution in [0.2, 0.25) is 0 Å². The van der Waals surface area contributed by atoms with E-state index in [0.29, 0.717) is 13.1 Å². The van der Waals surface area contributed by atoms with Crippen molar-refractivity contribution in [2.75, 3.05) is 13.1 Å². The van der Waals surface area contributed by atoms with Gasteiger partial charge in [-0.1, -0.05) is 24.3 Å². The van der Waals surface area contributed by atoms with Gasteiger partial charge in [0.05, 0.1) is 6.54 Å². The zero-order valence-corrected chi connectivity index (χ0v) is 11.9. The van der Waals surface area contributed by atoms with Crippen LogP contribution in [0.15, 0.2) is 36.9 Å². The van der Waals surface area contributed by atoms with Crippen LogP contribution in [0.25, 0.3) is 0 Å². The summed E-state index contributed by atoms with van der Waals surface area (Å²) in [5.41, 5.74) is 2.26. The minimum atomic E-state index is 0.0409. The van der Waals surface area contributed by atoms with Crippen molar-refractivity contribution in [2.24, 2.45) is 0 Å². The molecule has 1 fully saturated rings. The smallest absolute Gasteiger partial charge is 0.317 e. The summed E-state index contributed by atoms with van der Waals surface area (Å²) in [6.45, 7) is 3.03. The molecular formula is C15H19N5O. The van der Waals surface area contributed by atoms with Crippen molar-refractivity contribution in [2.45, 2.75) is 25.9 Å². The van der Waals surface area contributed by atoms with Crippen LogP contribution in [0.3, 0.4) is 0 Å². The first-order valence-corrected chi connectivity index (χ1v) is 7.24. The molecule has 1 aromatic carbocycles. The highest BCUT2D eigenvalue weighted by Crippen LogP contribution is 2.09. The van der Waals surface area contributed by atoms with Gasteiger partial charge in [-0.3, -0.25) is 0 Å². The lowest BCUT2D eigenvalue weighted by molar-refractivity contribution is 0.208. The second kappa shape index (κ2) is 6.39. The van der Waals surface area contributed by atoms with E-state index in [9.17, 15) is 4.79 Å². The maximum Gasteiger partial charge on any atom is 0.317 e. The van der Waals surface area contributed by atoms with E-state index in [0.717, 1.165) is 37.1 Å². The number of hydrogen-bond donors (Lipinski definition) is 1. The second-order valence-corrected chi connectivity index (χ2v) is 5.26. The van der Waals surface area contributed by atoms with Gasteiger partial charge in [0.15, 0.2) is 0 Å². The van der Waals surface area contributed by atoms with Gasteiger partial charge in [-0.2, -0.15) is 5.10 Å². The van der Waals surface area contributed by atoms with E-state index in [4.69, 9.17) is 0 Å². The molecule has 2 heterocycles. The van der Waals surface area contributed by atoms with Gasteiger partial charge >= 0.3 is 6.03 Å². The number of likely N-dealkylation sites (tertiary alicyclic amines) is 1. The summed E-state index contributed by atoms with van der Waals surface area (Å²) < 4.78 is 1.78. The summed E-state index contributed by atoms with van der Waals surface area (Å²) in [7, 11) is 0. The fourth-order valence-corrected chi connectivity index (χ4v) is 2.47. The van der Waals surface area contributed by atoms with Crippen LogP contribution >= 0.6 is 0 Å². The molecule has 0 bridgehead atoms. The average Bonchev–Trinajstić information content (AvgIpc) is 3.19. The molecule has 0 radical (unpaired) electrons. The molecule has 0 aliphatic carbocycles. The van der Waals surface area contributed by atoms with Gasteiger partial charge in [0.2, 0.25) is 0 Å². The molecule has 1 aliphatic heterocycles. The first-order chi connectivity index (χ1) is 10.3. The molecule has 1 N–H and O–H groups in total. The maximum atomic E-state index is 11.9. The van der Waals surface area contributed by atoms with Gasteiger partial charge in [-0.05, 0) is 24.0 Å². The molecule has 110 valence electrons. The third-order valence-electron chi connectivity index (χ3n) is 3.67. The zero-order chi connectivity index (χ0) is 14.5. The predicted octanol–water partition coefficient (Wildman–Crippen LogP) is 1.63. The van der Waals surface area contributed by atoms with Crippen LogP contribution in [0.4, 0.5) is 4.79 Å². The summed E-state index contributed by atoms with van der Waals surface area (Å²) in [4.78, 5) is 17.7. The van der Waals surface area contributed by atoms with E-state index in [1.54, 1.807) is 11.0 Å². The van der Waals surface area contributed by atoms with E-state index in [-0.39, 0.29) is 6.03 Å². The molecule has 3 rings (SSSR count). The number of rotatable bonds is 4. The number of aromatic nitrogens is 3. The molecule has 2 amide bonds. The summed E-state index contributed by atoms with van der Waals surface area (Å²) in [5, 5.41) is 7.05. The Morgan fingerprint density at radius 3 is 2.52 bits per heavy atom. The lowest BCUT2D eigenvalue weighted by Crippen LogP contribution is -2.37. The third kappa shape index (κ3) is 3.59. The molecule has 6 heteroatoms. The molecular weight excluding hydrogens is 266 g/mol. The molecule has 0 saturated carbocycles. The van der Waals surface area contributed by atoms with Crippen LogP contribution in [0.1, 0.15) is 24.0 Å². The Bertz CT molecular complexity index is 573. The lowest BCUT2D eigenvalue weighted by Gasteiger charge is -2.16. The Morgan fingerprint density at radius 2 is 1.86 bits per heavy atom. The van der Waals surface area contributed by atoms with Gasteiger partial charge in [-0.15, -0.1) is 0 Å². The van der Waals surface area contributed by atoms with Gasteiger partial charge in [0, 0.05) is 19.6 Å². The molecule has 21 heavy (non-hydrogen) atoms. The van der Waals surface area contributed by atoms with Gasteiger partial charge in [0.1, 0.15) is 12.7 Å². The monoisotopic (exact) mass is 285 g/mol. The van der Waals surface area contributed by atoms with Crippen molar-refractivity contribution in [3.63, 3.8) is 0 Å². The summed E-state index contributed by atoms with van der Waals surface area (Å²) in [6, 6.07) is 8.23. The molecule has 2 aromatic rings. The van der Waals surface area contributed by atoms with Crippen LogP contribution in [0.5, 0.6) is 0 Å². The fraction of sp³-hybridized carbons (Fsp3) is 0.400. The van der Waals surface area contributed by atoms with Crippen LogP contribution < -0.4 is 5.32 Å². The highest BCUT2D eigenvalue weighted by atomic mass is 16.2. The van der Waals surface area contributed by atoms with E-state index in [1.165, 1.54) is 6.33 Å². The second-order valence-electron chi connectivity index (χ2n) is 5.26. The third-order valence-corrected chi connectivity index (χ3v) is 3.67. The van der Waals surface area contributed by atoms with Crippen LogP contribution in [-0.4, -0.2) is 38.8 Å². The number of carbonyl (C=O) groups excluding carboxylic acids is 1. The van der Waals surface area contributed by atoms with Crippen LogP contribution in [-0.2, 0) is 13.1 Å². The number of amides is 2. The Labute approximate surface area is 123 Å². The number of nitrogens with one attached hydrogen (secondary N) is 1. The van der Waals surface area contributed by atoms with Crippen molar-refractivity contribution < 1.29 is 4.79 Å². The van der Waals surface area contributed by atoms with E-state index >= 15 is 0 Å². The number of nitrogens with zero attached hydrogens (tertiary/aromatic N) is 4. The summed E-state index contributed by atoms with van der Waals surface area (Å²) >= 11 is 0. The van der Waals surface area contributed by atoms with Gasteiger partial charge < -0.3 is 10.2 Å². The molecule has 0 unspecified atom stereocenters. The molecule has 0 atom stereocenters. The quantitative estimate of drug-likeness (QED) is 0.928. The fourth-order valence-electron chi connectivity index (χ4n) is 2.47. The Balaban J connectivity index is 1.51. The van der Waals surface area contributed by atoms with E-state index in [1.807, 2.05) is 17.0 Å². The standard InChI is InChI=1S/C15H19N5O/c21-15(19-7-1-2-8-19)17-9-13-3-5-14(6-4-13)10-20-12-16-11-18-20/h3-6,11-12H,1-2,7-10H2,(H,17,21). The molecule has 0 spiro atoms. The molecule has 6 nitrogen and oxygen atoms in total. The number of hydrogen-bond acceptors (Lipinski definition) is 3. The van der Waals surface area contributed by atoms with Crippen LogP contribution in [0, 0.1) is 0 Å². The normalized spacial score (nSPS) is 14.4. The molecule has 1 aromatic heterocycles. The first kappa shape index (κ1) is 13.6.